The molecule has 0 aliphatic heterocycles. The van der Waals surface area contributed by atoms with E-state index >= 15 is 0 Å². The predicted molar refractivity (Wildman–Crippen MR) is 76.4 cm³/mol. The summed E-state index contributed by atoms with van der Waals surface area (Å²) in [6, 6.07) is 24.8. The van der Waals surface area contributed by atoms with Gasteiger partial charge in [-0.25, -0.2) is 0 Å². The fourth-order valence-electron chi connectivity index (χ4n) is 2.36. The van der Waals surface area contributed by atoms with Gasteiger partial charge in [0, 0.05) is 0 Å². The average molecular weight is 233 g/mol. The van der Waals surface area contributed by atoms with Gasteiger partial charge >= 0.3 is 0 Å². The molecule has 0 aromatic heterocycles. The monoisotopic (exact) mass is 233 g/mol. The predicted octanol–water partition coefficient (Wildman–Crippen LogP) is 3.89. The summed E-state index contributed by atoms with van der Waals surface area (Å²) >= 11 is 0. The van der Waals surface area contributed by atoms with Crippen molar-refractivity contribution in [3.63, 3.8) is 0 Å². The summed E-state index contributed by atoms with van der Waals surface area (Å²) in [5.41, 5.74) is 8.71. The molecule has 0 radical (unpaired) electrons. The van der Waals surface area contributed by atoms with Crippen molar-refractivity contribution in [3.05, 3.63) is 83.9 Å². The Labute approximate surface area is 107 Å². The van der Waals surface area contributed by atoms with Crippen molar-refractivity contribution in [2.75, 3.05) is 0 Å². The zero-order valence-corrected chi connectivity index (χ0v) is 10.1. The van der Waals surface area contributed by atoms with Crippen LogP contribution in [0.25, 0.3) is 10.8 Å². The second-order valence-corrected chi connectivity index (χ2v) is 4.46. The fraction of sp³-hybridized carbons (Fsp3) is 0.0588. The summed E-state index contributed by atoms with van der Waals surface area (Å²) in [5.74, 6) is 0. The van der Waals surface area contributed by atoms with Crippen LogP contribution in [0.15, 0.2) is 72.8 Å². The quantitative estimate of drug-likeness (QED) is 0.714. The Morgan fingerprint density at radius 3 is 2.17 bits per heavy atom. The third-order valence-corrected chi connectivity index (χ3v) is 3.32. The van der Waals surface area contributed by atoms with E-state index in [-0.39, 0.29) is 6.04 Å². The highest BCUT2D eigenvalue weighted by atomic mass is 14.6. The maximum atomic E-state index is 6.38. The lowest BCUT2D eigenvalue weighted by Gasteiger charge is -2.15. The van der Waals surface area contributed by atoms with Crippen molar-refractivity contribution >= 4 is 10.8 Å². The number of hydrogen-bond donors (Lipinski definition) is 1. The van der Waals surface area contributed by atoms with Crippen molar-refractivity contribution in [1.82, 2.24) is 0 Å². The summed E-state index contributed by atoms with van der Waals surface area (Å²) in [6.07, 6.45) is 0. The van der Waals surface area contributed by atoms with Gasteiger partial charge in [-0.15, -0.1) is 0 Å². The van der Waals surface area contributed by atoms with Crippen molar-refractivity contribution < 1.29 is 0 Å². The molecule has 3 aromatic carbocycles. The summed E-state index contributed by atoms with van der Waals surface area (Å²) < 4.78 is 0. The molecule has 2 N–H and O–H groups in total. The molecule has 0 fully saturated rings. The van der Waals surface area contributed by atoms with Crippen LogP contribution in [0.3, 0.4) is 0 Å². The molecule has 1 heteroatoms. The first kappa shape index (κ1) is 11.0. The lowest BCUT2D eigenvalue weighted by atomic mass is 9.94. The molecule has 18 heavy (non-hydrogen) atoms. The number of fused-ring (bicyclic) bond motifs is 1. The number of hydrogen-bond acceptors (Lipinski definition) is 1. The molecule has 3 aromatic rings. The van der Waals surface area contributed by atoms with E-state index in [0.717, 1.165) is 5.56 Å². The van der Waals surface area contributed by atoms with E-state index in [1.165, 1.54) is 16.3 Å². The molecule has 0 bridgehead atoms. The van der Waals surface area contributed by atoms with Crippen LogP contribution in [0.4, 0.5) is 0 Å². The Hall–Kier alpha value is -2.12. The lowest BCUT2D eigenvalue weighted by Crippen LogP contribution is -2.11. The second-order valence-electron chi connectivity index (χ2n) is 4.46. The Morgan fingerprint density at radius 1 is 0.667 bits per heavy atom. The van der Waals surface area contributed by atoms with E-state index < -0.39 is 0 Å². The summed E-state index contributed by atoms with van der Waals surface area (Å²) in [4.78, 5) is 0. The van der Waals surface area contributed by atoms with Crippen LogP contribution in [0.2, 0.25) is 0 Å². The van der Waals surface area contributed by atoms with E-state index in [0.29, 0.717) is 0 Å². The Kier molecular flexibility index (Phi) is 2.83. The van der Waals surface area contributed by atoms with Crippen molar-refractivity contribution in [3.8, 4) is 0 Å². The van der Waals surface area contributed by atoms with Crippen molar-refractivity contribution in [1.29, 1.82) is 0 Å². The molecule has 0 unspecified atom stereocenters. The summed E-state index contributed by atoms with van der Waals surface area (Å²) in [6.45, 7) is 0. The van der Waals surface area contributed by atoms with E-state index in [4.69, 9.17) is 5.73 Å². The topological polar surface area (TPSA) is 26.0 Å². The third-order valence-electron chi connectivity index (χ3n) is 3.32. The number of rotatable bonds is 2. The minimum atomic E-state index is -0.0719. The molecule has 0 saturated heterocycles. The number of nitrogens with two attached hydrogens (primary N) is 1. The highest BCUT2D eigenvalue weighted by Gasteiger charge is 2.10. The standard InChI is InChI=1S/C17H15N/c18-17(14-8-2-1-3-9-14)16-12-6-10-13-7-4-5-11-15(13)16/h1-12,17H,18H2/t17-/m1/s1. The van der Waals surface area contributed by atoms with Crippen LogP contribution in [-0.4, -0.2) is 0 Å². The molecule has 0 spiro atoms. The smallest absolute Gasteiger partial charge is 0.0557 e. The van der Waals surface area contributed by atoms with Crippen LogP contribution in [-0.2, 0) is 0 Å². The zero-order valence-electron chi connectivity index (χ0n) is 10.1. The number of benzene rings is 3. The molecule has 0 aliphatic carbocycles. The Bertz CT molecular complexity index is 653. The third kappa shape index (κ3) is 1.89. The maximum absolute atomic E-state index is 6.38. The fourth-order valence-corrected chi connectivity index (χ4v) is 2.36. The van der Waals surface area contributed by atoms with Gasteiger partial charge in [0.25, 0.3) is 0 Å². The lowest BCUT2D eigenvalue weighted by molar-refractivity contribution is 0.881. The zero-order chi connectivity index (χ0) is 12.4. The molecule has 1 nitrogen and oxygen atoms in total. The largest absolute Gasteiger partial charge is 0.320 e. The van der Waals surface area contributed by atoms with E-state index in [9.17, 15) is 0 Å². The normalized spacial score (nSPS) is 12.5. The summed E-state index contributed by atoms with van der Waals surface area (Å²) in [5, 5.41) is 2.47. The first-order chi connectivity index (χ1) is 8.86. The molecular weight excluding hydrogens is 218 g/mol. The summed E-state index contributed by atoms with van der Waals surface area (Å²) in [7, 11) is 0. The highest BCUT2D eigenvalue weighted by Crippen LogP contribution is 2.26. The minimum absolute atomic E-state index is 0.0719. The molecule has 0 amide bonds. The molecule has 0 heterocycles. The molecule has 3 rings (SSSR count). The van der Waals surface area contributed by atoms with Crippen LogP contribution in [0.5, 0.6) is 0 Å². The van der Waals surface area contributed by atoms with Crippen LogP contribution >= 0.6 is 0 Å². The average Bonchev–Trinajstić information content (AvgIpc) is 2.47. The van der Waals surface area contributed by atoms with Gasteiger partial charge in [-0.3, -0.25) is 0 Å². The van der Waals surface area contributed by atoms with Gasteiger partial charge in [-0.1, -0.05) is 72.8 Å². The SMILES string of the molecule is N[C@H](c1ccccc1)c1cccc2ccccc12. The van der Waals surface area contributed by atoms with Gasteiger partial charge in [0.1, 0.15) is 0 Å². The molecular formula is C17H15N. The van der Waals surface area contributed by atoms with Crippen LogP contribution in [0.1, 0.15) is 17.2 Å². The first-order valence-electron chi connectivity index (χ1n) is 6.14. The van der Waals surface area contributed by atoms with Crippen molar-refractivity contribution in [2.24, 2.45) is 5.73 Å². The first-order valence-corrected chi connectivity index (χ1v) is 6.14. The van der Waals surface area contributed by atoms with Gasteiger partial charge in [0.2, 0.25) is 0 Å². The van der Waals surface area contributed by atoms with Gasteiger partial charge in [-0.05, 0) is 21.9 Å². The minimum Gasteiger partial charge on any atom is -0.320 e. The van der Waals surface area contributed by atoms with Gasteiger partial charge in [0.05, 0.1) is 6.04 Å². The molecule has 0 aliphatic rings. The Balaban J connectivity index is 2.15. The van der Waals surface area contributed by atoms with E-state index in [1.54, 1.807) is 0 Å². The maximum Gasteiger partial charge on any atom is 0.0557 e. The van der Waals surface area contributed by atoms with E-state index in [2.05, 4.69) is 54.6 Å². The van der Waals surface area contributed by atoms with Gasteiger partial charge in [0.15, 0.2) is 0 Å². The molecule has 88 valence electrons. The van der Waals surface area contributed by atoms with Gasteiger partial charge < -0.3 is 5.73 Å². The van der Waals surface area contributed by atoms with Crippen molar-refractivity contribution in [2.45, 2.75) is 6.04 Å². The van der Waals surface area contributed by atoms with Crippen LogP contribution in [0, 0.1) is 0 Å². The Morgan fingerprint density at radius 2 is 1.33 bits per heavy atom. The van der Waals surface area contributed by atoms with Crippen LogP contribution < -0.4 is 5.73 Å². The highest BCUT2D eigenvalue weighted by molar-refractivity contribution is 5.86. The molecule has 0 saturated carbocycles. The molecule has 1 atom stereocenters. The second kappa shape index (κ2) is 4.63. The van der Waals surface area contributed by atoms with Gasteiger partial charge in [-0.2, -0.15) is 0 Å². The van der Waals surface area contributed by atoms with E-state index in [1.807, 2.05) is 18.2 Å².